The van der Waals surface area contributed by atoms with E-state index in [1.54, 1.807) is 4.90 Å². The Bertz CT molecular complexity index is 826. The number of carboxylic acid groups (broad SMARTS) is 1. The van der Waals surface area contributed by atoms with Gasteiger partial charge in [0.05, 0.1) is 5.66 Å². The van der Waals surface area contributed by atoms with E-state index in [1.165, 1.54) is 16.7 Å². The number of amides is 2. The van der Waals surface area contributed by atoms with Gasteiger partial charge in [-0.15, -0.1) is 11.8 Å². The van der Waals surface area contributed by atoms with Crippen molar-refractivity contribution in [1.29, 1.82) is 0 Å². The minimum atomic E-state index is -1.01. The fourth-order valence-electron chi connectivity index (χ4n) is 4.49. The molecule has 0 aromatic heterocycles. The van der Waals surface area contributed by atoms with Gasteiger partial charge in [0.15, 0.2) is 0 Å². The molecular formula is C19H23N3O4S. The number of carbonyl (C=O) groups excluding carboxylic acids is 2. The molecule has 0 aliphatic carbocycles. The first-order valence-electron chi connectivity index (χ1n) is 8.95. The van der Waals surface area contributed by atoms with Crippen molar-refractivity contribution < 1.29 is 19.5 Å². The molecule has 3 aliphatic heterocycles. The average Bonchev–Trinajstić information content (AvgIpc) is 2.98. The van der Waals surface area contributed by atoms with E-state index < -0.39 is 34.5 Å². The maximum Gasteiger partial charge on any atom is 0.327 e. The van der Waals surface area contributed by atoms with Gasteiger partial charge in [0, 0.05) is 4.75 Å². The first-order valence-corrected chi connectivity index (χ1v) is 9.83. The van der Waals surface area contributed by atoms with E-state index in [2.05, 4.69) is 5.32 Å². The molecule has 3 heterocycles. The van der Waals surface area contributed by atoms with Crippen LogP contribution in [0.15, 0.2) is 30.3 Å². The Morgan fingerprint density at radius 1 is 1.11 bits per heavy atom. The van der Waals surface area contributed by atoms with Gasteiger partial charge in [-0.2, -0.15) is 0 Å². The molecule has 0 saturated carbocycles. The van der Waals surface area contributed by atoms with E-state index in [0.29, 0.717) is 0 Å². The smallest absolute Gasteiger partial charge is 0.327 e. The molecule has 0 radical (unpaired) electrons. The minimum Gasteiger partial charge on any atom is -0.480 e. The van der Waals surface area contributed by atoms with Crippen molar-refractivity contribution in [1.82, 2.24) is 15.1 Å². The summed E-state index contributed by atoms with van der Waals surface area (Å²) in [6.45, 7) is 7.43. The summed E-state index contributed by atoms with van der Waals surface area (Å²) in [5.41, 5.74) is 0.139. The zero-order valence-corrected chi connectivity index (χ0v) is 16.5. The van der Waals surface area contributed by atoms with Crippen molar-refractivity contribution in [2.24, 2.45) is 0 Å². The highest BCUT2D eigenvalue weighted by Crippen LogP contribution is 2.53. The lowest BCUT2D eigenvalue weighted by Gasteiger charge is -2.50. The first kappa shape index (κ1) is 18.3. The van der Waals surface area contributed by atoms with Crippen LogP contribution in [0.1, 0.15) is 39.3 Å². The fourth-order valence-corrected chi connectivity index (χ4v) is 6.16. The lowest BCUT2D eigenvalue weighted by molar-refractivity contribution is -0.170. The van der Waals surface area contributed by atoms with Gasteiger partial charge in [-0.3, -0.25) is 14.9 Å². The predicted molar refractivity (Wildman–Crippen MR) is 101 cm³/mol. The molecule has 8 heteroatoms. The van der Waals surface area contributed by atoms with Crippen LogP contribution in [0.5, 0.6) is 0 Å². The zero-order chi connectivity index (χ0) is 19.7. The van der Waals surface area contributed by atoms with E-state index in [0.717, 1.165) is 5.56 Å². The van der Waals surface area contributed by atoms with E-state index in [-0.39, 0.29) is 17.2 Å². The average molecular weight is 389 g/mol. The van der Waals surface area contributed by atoms with Gasteiger partial charge in [0.25, 0.3) is 0 Å². The topological polar surface area (TPSA) is 90.0 Å². The number of aliphatic carboxylic acids is 1. The summed E-state index contributed by atoms with van der Waals surface area (Å²) < 4.78 is -0.611. The number of carboxylic acids is 1. The highest BCUT2D eigenvalue weighted by molar-refractivity contribution is 8.01. The second-order valence-electron chi connectivity index (χ2n) is 8.30. The molecule has 4 rings (SSSR count). The van der Waals surface area contributed by atoms with Crippen LogP contribution in [0.2, 0.25) is 0 Å². The molecule has 3 fully saturated rings. The van der Waals surface area contributed by atoms with Crippen molar-refractivity contribution >= 4 is 29.5 Å². The van der Waals surface area contributed by atoms with E-state index in [4.69, 9.17) is 0 Å². The largest absolute Gasteiger partial charge is 0.480 e. The number of hydrogen-bond acceptors (Lipinski definition) is 5. The summed E-state index contributed by atoms with van der Waals surface area (Å²) in [7, 11) is 0. The zero-order valence-electron chi connectivity index (χ0n) is 15.7. The SMILES string of the molecule is CC1(C)S[C@@H]2[C@@H](N3C(=O)[C@@H](c4ccccc4)NC3(C)C)C(=O)N2[C@H]1C(=O)O. The van der Waals surface area contributed by atoms with E-state index in [1.807, 2.05) is 58.0 Å². The van der Waals surface area contributed by atoms with Crippen molar-refractivity contribution in [3.05, 3.63) is 35.9 Å². The molecule has 144 valence electrons. The van der Waals surface area contributed by atoms with Gasteiger partial charge >= 0.3 is 5.97 Å². The van der Waals surface area contributed by atoms with Crippen LogP contribution in [0.3, 0.4) is 0 Å². The molecule has 3 saturated heterocycles. The standard InChI is InChI=1S/C19H23N3O4S/c1-18(2)13(17(25)26)21-15(24)12(16(21)27-18)22-14(23)11(20-19(22,3)4)10-8-6-5-7-9-10/h5-9,11-13,16,20H,1-4H3,(H,25,26)/t11-,12+,13+,16-/m1/s1. The fraction of sp³-hybridized carbons (Fsp3) is 0.526. The number of thioether (sulfide) groups is 1. The third kappa shape index (κ3) is 2.50. The molecule has 1 aromatic rings. The molecule has 3 aliphatic rings. The summed E-state index contributed by atoms with van der Waals surface area (Å²) >= 11 is 1.46. The monoisotopic (exact) mass is 389 g/mol. The Morgan fingerprint density at radius 2 is 1.74 bits per heavy atom. The van der Waals surface area contributed by atoms with Gasteiger partial charge in [0.1, 0.15) is 23.5 Å². The first-order chi connectivity index (χ1) is 12.6. The van der Waals surface area contributed by atoms with Crippen molar-refractivity contribution in [2.45, 2.75) is 61.6 Å². The number of β-lactam (4-membered cyclic amide) rings is 1. The normalized spacial score (nSPS) is 33.8. The highest BCUT2D eigenvalue weighted by atomic mass is 32.2. The summed E-state index contributed by atoms with van der Waals surface area (Å²) in [6, 6.07) is 7.37. The number of benzene rings is 1. The van der Waals surface area contributed by atoms with Gasteiger partial charge in [0.2, 0.25) is 11.8 Å². The lowest BCUT2D eigenvalue weighted by atomic mass is 9.94. The van der Waals surface area contributed by atoms with Crippen LogP contribution in [0.4, 0.5) is 0 Å². The molecule has 4 atom stereocenters. The Morgan fingerprint density at radius 3 is 2.33 bits per heavy atom. The molecular weight excluding hydrogens is 366 g/mol. The molecule has 27 heavy (non-hydrogen) atoms. The Labute approximate surface area is 162 Å². The van der Waals surface area contributed by atoms with Crippen LogP contribution in [-0.2, 0) is 14.4 Å². The molecule has 0 bridgehead atoms. The summed E-state index contributed by atoms with van der Waals surface area (Å²) in [5.74, 6) is -1.45. The number of rotatable bonds is 3. The van der Waals surface area contributed by atoms with Crippen molar-refractivity contribution in [2.75, 3.05) is 0 Å². The Hall–Kier alpha value is -2.06. The third-order valence-electron chi connectivity index (χ3n) is 5.64. The number of hydrogen-bond donors (Lipinski definition) is 2. The van der Waals surface area contributed by atoms with Crippen LogP contribution in [0, 0.1) is 0 Å². The lowest BCUT2D eigenvalue weighted by Crippen LogP contribution is -2.73. The second kappa shape index (κ2) is 5.72. The molecule has 2 N–H and O–H groups in total. The van der Waals surface area contributed by atoms with Crippen molar-refractivity contribution in [3.63, 3.8) is 0 Å². The Balaban J connectivity index is 1.65. The van der Waals surface area contributed by atoms with Gasteiger partial charge < -0.3 is 14.9 Å². The van der Waals surface area contributed by atoms with Crippen LogP contribution in [0.25, 0.3) is 0 Å². The van der Waals surface area contributed by atoms with Crippen LogP contribution >= 0.6 is 11.8 Å². The molecule has 0 spiro atoms. The maximum absolute atomic E-state index is 13.2. The van der Waals surface area contributed by atoms with Gasteiger partial charge in [-0.05, 0) is 33.3 Å². The molecule has 2 amide bonds. The summed E-state index contributed by atoms with van der Waals surface area (Å²) in [4.78, 5) is 40.9. The van der Waals surface area contributed by atoms with Crippen LogP contribution < -0.4 is 5.32 Å². The molecule has 1 aromatic carbocycles. The summed E-state index contributed by atoms with van der Waals surface area (Å²) in [6.07, 6.45) is 0. The second-order valence-corrected chi connectivity index (χ2v) is 10.1. The molecule has 7 nitrogen and oxygen atoms in total. The van der Waals surface area contributed by atoms with Gasteiger partial charge in [-0.25, -0.2) is 4.79 Å². The number of fused-ring (bicyclic) bond motifs is 1. The third-order valence-corrected chi connectivity index (χ3v) is 7.20. The van der Waals surface area contributed by atoms with Gasteiger partial charge in [-0.1, -0.05) is 30.3 Å². The molecule has 0 unspecified atom stereocenters. The van der Waals surface area contributed by atoms with E-state index in [9.17, 15) is 19.5 Å². The highest BCUT2D eigenvalue weighted by Gasteiger charge is 2.68. The number of nitrogens with one attached hydrogen (secondary N) is 1. The van der Waals surface area contributed by atoms with E-state index >= 15 is 0 Å². The summed E-state index contributed by atoms with van der Waals surface area (Å²) in [5, 5.41) is 12.6. The van der Waals surface area contributed by atoms with Crippen molar-refractivity contribution in [3.8, 4) is 0 Å². The quantitative estimate of drug-likeness (QED) is 0.760. The Kier molecular flexibility index (Phi) is 3.88. The number of carbonyl (C=O) groups is 3. The predicted octanol–water partition coefficient (Wildman–Crippen LogP) is 1.41. The maximum atomic E-state index is 13.2. The van der Waals surface area contributed by atoms with Crippen LogP contribution in [-0.4, -0.2) is 60.6 Å². The minimum absolute atomic E-state index is 0.151. The number of nitrogens with zero attached hydrogens (tertiary/aromatic N) is 2.